The van der Waals surface area contributed by atoms with E-state index in [9.17, 15) is 0 Å². The second-order valence-corrected chi connectivity index (χ2v) is 6.62. The molecule has 2 rings (SSSR count). The first-order valence-corrected chi connectivity index (χ1v) is 7.29. The van der Waals surface area contributed by atoms with Gasteiger partial charge in [-0.2, -0.15) is 0 Å². The van der Waals surface area contributed by atoms with Crippen molar-refractivity contribution in [3.8, 4) is 0 Å². The normalized spacial score (nSPS) is 23.9. The van der Waals surface area contributed by atoms with E-state index >= 15 is 0 Å². The van der Waals surface area contributed by atoms with E-state index in [4.69, 9.17) is 9.72 Å². The van der Waals surface area contributed by atoms with Crippen molar-refractivity contribution in [1.82, 2.24) is 15.3 Å². The maximum Gasteiger partial charge on any atom is 0.147 e. The SMILES string of the molecule is CC1CN(c2cncc(CNC(C)(C)C)n2)C(C)CO1. The van der Waals surface area contributed by atoms with Gasteiger partial charge in [0.05, 0.1) is 30.6 Å². The van der Waals surface area contributed by atoms with Crippen LogP contribution in [-0.4, -0.2) is 40.8 Å². The maximum atomic E-state index is 5.66. The number of hydrogen-bond acceptors (Lipinski definition) is 5. The molecule has 0 radical (unpaired) electrons. The Morgan fingerprint density at radius 1 is 1.35 bits per heavy atom. The summed E-state index contributed by atoms with van der Waals surface area (Å²) in [5.74, 6) is 0.945. The Labute approximate surface area is 121 Å². The molecule has 0 aliphatic carbocycles. The highest BCUT2D eigenvalue weighted by Crippen LogP contribution is 2.19. The van der Waals surface area contributed by atoms with Crippen molar-refractivity contribution in [2.75, 3.05) is 18.1 Å². The lowest BCUT2D eigenvalue weighted by Crippen LogP contribution is -2.48. The van der Waals surface area contributed by atoms with Gasteiger partial charge in [-0.1, -0.05) is 0 Å². The van der Waals surface area contributed by atoms with E-state index in [1.165, 1.54) is 0 Å². The monoisotopic (exact) mass is 278 g/mol. The second-order valence-electron chi connectivity index (χ2n) is 6.62. The highest BCUT2D eigenvalue weighted by atomic mass is 16.5. The van der Waals surface area contributed by atoms with Crippen molar-refractivity contribution in [2.45, 2.75) is 58.8 Å². The van der Waals surface area contributed by atoms with Crippen molar-refractivity contribution in [3.63, 3.8) is 0 Å². The third-order valence-corrected chi connectivity index (χ3v) is 3.37. The summed E-state index contributed by atoms with van der Waals surface area (Å²) in [7, 11) is 0. The molecule has 0 spiro atoms. The number of rotatable bonds is 3. The lowest BCUT2D eigenvalue weighted by atomic mass is 10.1. The summed E-state index contributed by atoms with van der Waals surface area (Å²) in [6.45, 7) is 13.0. The molecule has 112 valence electrons. The molecule has 0 saturated carbocycles. The first kappa shape index (κ1) is 15.2. The standard InChI is InChI=1S/C15H26N4O/c1-11-10-20-12(2)9-19(11)14-8-16-6-13(18-14)7-17-15(3,4)5/h6,8,11-12,17H,7,9-10H2,1-5H3. The van der Waals surface area contributed by atoms with Crippen LogP contribution < -0.4 is 10.2 Å². The van der Waals surface area contributed by atoms with Gasteiger partial charge in [0.25, 0.3) is 0 Å². The average molecular weight is 278 g/mol. The van der Waals surface area contributed by atoms with Crippen LogP contribution in [0.5, 0.6) is 0 Å². The quantitative estimate of drug-likeness (QED) is 0.916. The molecule has 1 N–H and O–H groups in total. The minimum atomic E-state index is 0.0818. The zero-order valence-electron chi connectivity index (χ0n) is 13.2. The molecule has 2 atom stereocenters. The Morgan fingerprint density at radius 3 is 2.80 bits per heavy atom. The fourth-order valence-electron chi connectivity index (χ4n) is 2.20. The summed E-state index contributed by atoms with van der Waals surface area (Å²) in [5.41, 5.74) is 1.06. The number of hydrogen-bond donors (Lipinski definition) is 1. The summed E-state index contributed by atoms with van der Waals surface area (Å²) in [5, 5.41) is 3.44. The van der Waals surface area contributed by atoms with Crippen LogP contribution in [-0.2, 0) is 11.3 Å². The smallest absolute Gasteiger partial charge is 0.147 e. The van der Waals surface area contributed by atoms with Gasteiger partial charge in [-0.3, -0.25) is 4.98 Å². The molecule has 1 aromatic rings. The van der Waals surface area contributed by atoms with Gasteiger partial charge in [0.1, 0.15) is 5.82 Å². The molecule has 1 aromatic heterocycles. The molecule has 0 amide bonds. The van der Waals surface area contributed by atoms with Crippen molar-refractivity contribution < 1.29 is 4.74 Å². The van der Waals surface area contributed by atoms with Crippen molar-refractivity contribution in [3.05, 3.63) is 18.1 Å². The third kappa shape index (κ3) is 4.15. The highest BCUT2D eigenvalue weighted by molar-refractivity contribution is 5.38. The predicted octanol–water partition coefficient (Wildman–Crippen LogP) is 1.98. The second kappa shape index (κ2) is 6.06. The van der Waals surface area contributed by atoms with Crippen LogP contribution in [0.1, 0.15) is 40.3 Å². The van der Waals surface area contributed by atoms with E-state index in [1.54, 1.807) is 0 Å². The van der Waals surface area contributed by atoms with Crippen LogP contribution in [0, 0.1) is 0 Å². The lowest BCUT2D eigenvalue weighted by molar-refractivity contribution is 0.0340. The first-order valence-electron chi connectivity index (χ1n) is 7.29. The average Bonchev–Trinajstić information content (AvgIpc) is 2.39. The van der Waals surface area contributed by atoms with E-state index < -0.39 is 0 Å². The largest absolute Gasteiger partial charge is 0.375 e. The molecule has 2 unspecified atom stereocenters. The Hall–Kier alpha value is -1.20. The maximum absolute atomic E-state index is 5.66. The van der Waals surface area contributed by atoms with Gasteiger partial charge in [-0.25, -0.2) is 4.98 Å². The highest BCUT2D eigenvalue weighted by Gasteiger charge is 2.24. The van der Waals surface area contributed by atoms with E-state index in [0.29, 0.717) is 6.04 Å². The molecule has 0 aromatic carbocycles. The molecule has 20 heavy (non-hydrogen) atoms. The molecular formula is C15H26N4O. The van der Waals surface area contributed by atoms with Gasteiger partial charge in [-0.05, 0) is 34.6 Å². The van der Waals surface area contributed by atoms with Crippen molar-refractivity contribution in [2.24, 2.45) is 0 Å². The predicted molar refractivity (Wildman–Crippen MR) is 80.8 cm³/mol. The van der Waals surface area contributed by atoms with Crippen LogP contribution in [0.2, 0.25) is 0 Å². The number of ether oxygens (including phenoxy) is 1. The lowest BCUT2D eigenvalue weighted by Gasteiger charge is -2.37. The number of nitrogens with zero attached hydrogens (tertiary/aromatic N) is 3. The fraction of sp³-hybridized carbons (Fsp3) is 0.733. The van der Waals surface area contributed by atoms with E-state index in [-0.39, 0.29) is 11.6 Å². The van der Waals surface area contributed by atoms with Gasteiger partial charge < -0.3 is 15.0 Å². The summed E-state index contributed by atoms with van der Waals surface area (Å²) in [6, 6.07) is 0.339. The van der Waals surface area contributed by atoms with Crippen LogP contribution in [0.15, 0.2) is 12.4 Å². The number of nitrogens with one attached hydrogen (secondary N) is 1. The fourth-order valence-corrected chi connectivity index (χ4v) is 2.20. The van der Waals surface area contributed by atoms with Crippen LogP contribution in [0.4, 0.5) is 5.82 Å². The van der Waals surface area contributed by atoms with Crippen LogP contribution >= 0.6 is 0 Å². The molecule has 0 bridgehead atoms. The molecule has 5 heteroatoms. The number of morpholine rings is 1. The van der Waals surface area contributed by atoms with Gasteiger partial charge in [0.2, 0.25) is 0 Å². The number of aromatic nitrogens is 2. The number of anilines is 1. The molecule has 1 fully saturated rings. The van der Waals surface area contributed by atoms with Gasteiger partial charge in [0, 0.05) is 24.8 Å². The topological polar surface area (TPSA) is 50.3 Å². The minimum absolute atomic E-state index is 0.0818. The Bertz CT molecular complexity index is 444. The van der Waals surface area contributed by atoms with Crippen molar-refractivity contribution in [1.29, 1.82) is 0 Å². The third-order valence-electron chi connectivity index (χ3n) is 3.37. The van der Waals surface area contributed by atoms with Crippen LogP contribution in [0.3, 0.4) is 0 Å². The zero-order valence-corrected chi connectivity index (χ0v) is 13.2. The Morgan fingerprint density at radius 2 is 2.10 bits per heavy atom. The minimum Gasteiger partial charge on any atom is -0.375 e. The zero-order chi connectivity index (χ0) is 14.8. The van der Waals surface area contributed by atoms with E-state index in [0.717, 1.165) is 31.2 Å². The van der Waals surface area contributed by atoms with E-state index in [1.807, 2.05) is 12.4 Å². The summed E-state index contributed by atoms with van der Waals surface area (Å²) >= 11 is 0. The summed E-state index contributed by atoms with van der Waals surface area (Å²) in [4.78, 5) is 11.3. The molecule has 1 saturated heterocycles. The molecule has 1 aliphatic heterocycles. The van der Waals surface area contributed by atoms with Crippen molar-refractivity contribution >= 4 is 5.82 Å². The van der Waals surface area contributed by atoms with Gasteiger partial charge in [-0.15, -0.1) is 0 Å². The molecule has 2 heterocycles. The van der Waals surface area contributed by atoms with E-state index in [2.05, 4.69) is 49.8 Å². The van der Waals surface area contributed by atoms with Gasteiger partial charge in [0.15, 0.2) is 0 Å². The van der Waals surface area contributed by atoms with Crippen LogP contribution in [0.25, 0.3) is 0 Å². The Kier molecular flexibility index (Phi) is 4.60. The molecule has 1 aliphatic rings. The summed E-state index contributed by atoms with van der Waals surface area (Å²) < 4.78 is 5.66. The summed E-state index contributed by atoms with van der Waals surface area (Å²) in [6.07, 6.45) is 3.91. The molecule has 5 nitrogen and oxygen atoms in total. The molecular weight excluding hydrogens is 252 g/mol. The van der Waals surface area contributed by atoms with Gasteiger partial charge >= 0.3 is 0 Å². The first-order chi connectivity index (χ1) is 9.35. The Balaban J connectivity index is 2.08.